The van der Waals surface area contributed by atoms with E-state index in [-0.39, 0.29) is 0 Å². The summed E-state index contributed by atoms with van der Waals surface area (Å²) in [5.74, 6) is 6.37. The first-order valence-electron chi connectivity index (χ1n) is 8.23. The fourth-order valence-corrected chi connectivity index (χ4v) is 5.72. The quantitative estimate of drug-likeness (QED) is 0.543. The Hall–Kier alpha value is -0.938. The average molecular weight is 280 g/mol. The Morgan fingerprint density at radius 2 is 1.85 bits per heavy atom. The fourth-order valence-electron chi connectivity index (χ4n) is 4.00. The lowest BCUT2D eigenvalue weighted by Gasteiger charge is -2.37. The van der Waals surface area contributed by atoms with Crippen molar-refractivity contribution in [1.29, 1.82) is 0 Å². The first-order chi connectivity index (χ1) is 9.65. The van der Waals surface area contributed by atoms with E-state index in [1.165, 1.54) is 44.6 Å². The molecule has 1 aromatic carbocycles. The van der Waals surface area contributed by atoms with Gasteiger partial charge < -0.3 is 0 Å². The van der Waals surface area contributed by atoms with Crippen molar-refractivity contribution in [1.82, 2.24) is 0 Å². The van der Waals surface area contributed by atoms with E-state index in [1.807, 2.05) is 0 Å². The van der Waals surface area contributed by atoms with Gasteiger partial charge in [0.05, 0.1) is 0 Å². The molecule has 0 saturated carbocycles. The van der Waals surface area contributed by atoms with Crippen LogP contribution in [0.25, 0.3) is 0 Å². The summed E-state index contributed by atoms with van der Waals surface area (Å²) in [7, 11) is -0.101. The van der Waals surface area contributed by atoms with Gasteiger partial charge in [0.2, 0.25) is 0 Å². The minimum absolute atomic E-state index is 0.696. The first kappa shape index (κ1) is 14.0. The van der Waals surface area contributed by atoms with E-state index >= 15 is 0 Å². The van der Waals surface area contributed by atoms with Crippen LogP contribution in [0, 0.1) is 17.4 Å². The molecule has 2 bridgehead atoms. The highest BCUT2D eigenvalue weighted by molar-refractivity contribution is 6.96. The van der Waals surface area contributed by atoms with Crippen molar-refractivity contribution < 1.29 is 0 Å². The summed E-state index contributed by atoms with van der Waals surface area (Å²) in [6, 6.07) is 10.9. The fraction of sp³-hybridized carbons (Fsp3) is 0.556. The van der Waals surface area contributed by atoms with Crippen molar-refractivity contribution in [3.8, 4) is 11.5 Å². The maximum atomic E-state index is 3.74. The second-order valence-electron chi connectivity index (χ2n) is 7.24. The number of hydrogen-bond acceptors (Lipinski definition) is 0. The maximum absolute atomic E-state index is 3.74. The van der Waals surface area contributed by atoms with Gasteiger partial charge in [0.15, 0.2) is 8.07 Å². The number of rotatable bonds is 1. The van der Waals surface area contributed by atoms with Crippen LogP contribution in [0.1, 0.15) is 32.1 Å². The molecule has 0 N–H and O–H groups in total. The van der Waals surface area contributed by atoms with Crippen LogP contribution in [0.4, 0.5) is 0 Å². The molecule has 0 radical (unpaired) electrons. The summed E-state index contributed by atoms with van der Waals surface area (Å²) < 4.78 is 0. The smallest absolute Gasteiger partial charge is 0.126 e. The van der Waals surface area contributed by atoms with Gasteiger partial charge in [-0.05, 0) is 11.6 Å². The molecule has 3 unspecified atom stereocenters. The van der Waals surface area contributed by atoms with E-state index < -0.39 is 8.07 Å². The normalized spacial score (nSPS) is 29.0. The van der Waals surface area contributed by atoms with Crippen molar-refractivity contribution >= 4 is 20.5 Å². The second kappa shape index (κ2) is 5.82. The first-order valence-corrected chi connectivity index (χ1v) is 11.2. The summed E-state index contributed by atoms with van der Waals surface area (Å²) in [4.78, 5) is 0. The van der Waals surface area contributed by atoms with Crippen molar-refractivity contribution in [2.45, 2.75) is 56.8 Å². The van der Waals surface area contributed by atoms with Gasteiger partial charge in [-0.15, -0.1) is 11.5 Å². The average Bonchev–Trinajstić information content (AvgIpc) is 2.48. The summed E-state index contributed by atoms with van der Waals surface area (Å²) in [5.41, 5.74) is 3.74. The van der Waals surface area contributed by atoms with Gasteiger partial charge >= 0.3 is 0 Å². The molecule has 0 amide bonds. The second-order valence-corrected chi connectivity index (χ2v) is 11.3. The lowest BCUT2D eigenvalue weighted by atomic mass is 9.41. The van der Waals surface area contributed by atoms with Crippen LogP contribution in [0.15, 0.2) is 30.3 Å². The largest absolute Gasteiger partial charge is 0.162 e. The van der Waals surface area contributed by atoms with Crippen molar-refractivity contribution in [2.75, 3.05) is 0 Å². The number of hydrogen-bond donors (Lipinski definition) is 0. The molecule has 2 heteroatoms. The summed E-state index contributed by atoms with van der Waals surface area (Å²) >= 11 is 0. The highest BCUT2D eigenvalue weighted by Crippen LogP contribution is 2.44. The molecule has 104 valence electrons. The Morgan fingerprint density at radius 1 is 1.05 bits per heavy atom. The van der Waals surface area contributed by atoms with Gasteiger partial charge in [-0.3, -0.25) is 0 Å². The van der Waals surface area contributed by atoms with Crippen molar-refractivity contribution in [3.63, 3.8) is 0 Å². The minimum Gasteiger partial charge on any atom is -0.126 e. The summed E-state index contributed by atoms with van der Waals surface area (Å²) in [5, 5.41) is 1.48. The highest BCUT2D eigenvalue weighted by Gasteiger charge is 2.33. The molecule has 1 aromatic rings. The van der Waals surface area contributed by atoms with E-state index in [9.17, 15) is 0 Å². The molecule has 0 aliphatic carbocycles. The molecule has 3 atom stereocenters. The molecule has 0 aromatic heterocycles. The van der Waals surface area contributed by atoms with Crippen LogP contribution in [-0.4, -0.2) is 15.4 Å². The zero-order valence-corrected chi connectivity index (χ0v) is 13.9. The minimum atomic E-state index is -1.57. The third-order valence-corrected chi connectivity index (χ3v) is 7.89. The Balaban J connectivity index is 1.74. The van der Waals surface area contributed by atoms with Gasteiger partial charge in [0.25, 0.3) is 0 Å². The monoisotopic (exact) mass is 280 g/mol. The lowest BCUT2D eigenvalue weighted by Crippen LogP contribution is -2.40. The van der Waals surface area contributed by atoms with E-state index in [1.54, 1.807) is 0 Å². The molecular formula is C18H25BSi. The van der Waals surface area contributed by atoms with Gasteiger partial charge in [0, 0.05) is 5.92 Å². The van der Waals surface area contributed by atoms with Crippen LogP contribution in [0.2, 0.25) is 24.7 Å². The molecule has 2 fully saturated rings. The summed E-state index contributed by atoms with van der Waals surface area (Å²) in [6.07, 6.45) is 7.17. The molecule has 2 aliphatic rings. The molecule has 2 aliphatic heterocycles. The Labute approximate surface area is 125 Å². The topological polar surface area (TPSA) is 0 Å². The van der Waals surface area contributed by atoms with Gasteiger partial charge in [-0.1, -0.05) is 80.7 Å². The van der Waals surface area contributed by atoms with Gasteiger partial charge in [0.1, 0.15) is 7.28 Å². The highest BCUT2D eigenvalue weighted by atomic mass is 28.3. The number of benzene rings is 1. The van der Waals surface area contributed by atoms with Crippen LogP contribution in [0.5, 0.6) is 0 Å². The summed E-state index contributed by atoms with van der Waals surface area (Å²) in [6.45, 7) is 4.78. The molecule has 3 rings (SSSR count). The predicted molar refractivity (Wildman–Crippen MR) is 92.6 cm³/mol. The van der Waals surface area contributed by atoms with E-state index in [0.717, 1.165) is 11.6 Å². The SMILES string of the molecule is C[Si](C)(C#CC1CCC2BC1CCC2)c1ccccc1. The predicted octanol–water partition coefficient (Wildman–Crippen LogP) is 3.75. The van der Waals surface area contributed by atoms with Crippen molar-refractivity contribution in [3.05, 3.63) is 30.3 Å². The molecule has 0 nitrogen and oxygen atoms in total. The third kappa shape index (κ3) is 3.04. The molecule has 0 spiro atoms. The Bertz CT molecular complexity index is 511. The van der Waals surface area contributed by atoms with Gasteiger partial charge in [-0.2, -0.15) is 0 Å². The molecule has 20 heavy (non-hydrogen) atoms. The van der Waals surface area contributed by atoms with E-state index in [0.29, 0.717) is 5.92 Å². The van der Waals surface area contributed by atoms with Crippen LogP contribution >= 0.6 is 0 Å². The van der Waals surface area contributed by atoms with Crippen molar-refractivity contribution in [2.24, 2.45) is 5.92 Å². The molecule has 2 heterocycles. The zero-order chi connectivity index (χ0) is 14.0. The third-order valence-electron chi connectivity index (χ3n) is 5.34. The van der Waals surface area contributed by atoms with Crippen LogP contribution in [0.3, 0.4) is 0 Å². The zero-order valence-electron chi connectivity index (χ0n) is 12.9. The van der Waals surface area contributed by atoms with Crippen LogP contribution in [-0.2, 0) is 0 Å². The maximum Gasteiger partial charge on any atom is 0.162 e. The molecule has 2 saturated heterocycles. The lowest BCUT2D eigenvalue weighted by molar-refractivity contribution is 0.399. The van der Waals surface area contributed by atoms with Gasteiger partial charge in [-0.25, -0.2) is 0 Å². The Morgan fingerprint density at radius 3 is 2.65 bits per heavy atom. The molecular weight excluding hydrogens is 255 g/mol. The van der Waals surface area contributed by atoms with E-state index in [2.05, 4.69) is 54.9 Å². The van der Waals surface area contributed by atoms with E-state index in [4.69, 9.17) is 0 Å². The Kier molecular flexibility index (Phi) is 4.08. The number of fused-ring (bicyclic) bond motifs is 2. The van der Waals surface area contributed by atoms with Crippen LogP contribution < -0.4 is 5.19 Å². The standard InChI is InChI=1S/C18H25BSi/c1-20(2,17-8-4-3-5-9-17)14-13-15-11-12-16-7-6-10-18(15)19-16/h3-5,8-9,15-16,18-19H,6-7,10-12H2,1-2H3.